The number of fused-ring (bicyclic) bond motifs is 1. The lowest BCUT2D eigenvalue weighted by atomic mass is 10.2. The van der Waals surface area contributed by atoms with Gasteiger partial charge in [0.1, 0.15) is 12.4 Å². The van der Waals surface area contributed by atoms with Gasteiger partial charge in [0, 0.05) is 25.9 Å². The molecule has 0 N–H and O–H groups in total. The maximum Gasteiger partial charge on any atom is 0.242 e. The van der Waals surface area contributed by atoms with Crippen molar-refractivity contribution in [2.75, 3.05) is 25.5 Å². The van der Waals surface area contributed by atoms with Crippen LogP contribution in [0.2, 0.25) is 0 Å². The Morgan fingerprint density at radius 2 is 2.18 bits per heavy atom. The fourth-order valence-electron chi connectivity index (χ4n) is 1.89. The standard InChI is InChI=1S/C12H18N4O/c1-9-7-16-11(5-6-13-16)15(10(9)2)8-12(17)14(3)4/h5-6H,7-8H2,1-4H3. The second-order valence-corrected chi connectivity index (χ2v) is 4.59. The molecule has 0 unspecified atom stereocenters. The molecule has 1 amide bonds. The topological polar surface area (TPSA) is 41.4 Å². The first kappa shape index (κ1) is 11.7. The van der Waals surface area contributed by atoms with Crippen molar-refractivity contribution in [3.05, 3.63) is 23.5 Å². The van der Waals surface area contributed by atoms with Crippen LogP contribution in [0.4, 0.5) is 5.82 Å². The van der Waals surface area contributed by atoms with Crippen LogP contribution in [0.1, 0.15) is 13.8 Å². The smallest absolute Gasteiger partial charge is 0.242 e. The van der Waals surface area contributed by atoms with Crippen LogP contribution in [0, 0.1) is 0 Å². The zero-order valence-electron chi connectivity index (χ0n) is 10.8. The molecule has 2 rings (SSSR count). The van der Waals surface area contributed by atoms with Gasteiger partial charge in [-0.05, 0) is 19.4 Å². The van der Waals surface area contributed by atoms with E-state index in [1.54, 1.807) is 25.2 Å². The molecule has 1 aromatic heterocycles. The normalized spacial score (nSPS) is 14.9. The van der Waals surface area contributed by atoms with Crippen molar-refractivity contribution in [1.29, 1.82) is 0 Å². The van der Waals surface area contributed by atoms with Gasteiger partial charge in [-0.25, -0.2) is 4.68 Å². The summed E-state index contributed by atoms with van der Waals surface area (Å²) in [6, 6.07) is 1.94. The highest BCUT2D eigenvalue weighted by molar-refractivity contribution is 5.81. The molecule has 17 heavy (non-hydrogen) atoms. The Hall–Kier alpha value is -1.78. The van der Waals surface area contributed by atoms with Crippen LogP contribution in [0.3, 0.4) is 0 Å². The molecule has 0 atom stereocenters. The zero-order valence-corrected chi connectivity index (χ0v) is 10.8. The maximum absolute atomic E-state index is 11.8. The van der Waals surface area contributed by atoms with Crippen molar-refractivity contribution in [2.24, 2.45) is 0 Å². The van der Waals surface area contributed by atoms with Crippen LogP contribution in [0.15, 0.2) is 23.5 Å². The zero-order chi connectivity index (χ0) is 12.6. The summed E-state index contributed by atoms with van der Waals surface area (Å²) in [7, 11) is 3.55. The lowest BCUT2D eigenvalue weighted by Gasteiger charge is -2.31. The Labute approximate surface area is 101 Å². The van der Waals surface area contributed by atoms with E-state index in [9.17, 15) is 4.79 Å². The molecular weight excluding hydrogens is 216 g/mol. The lowest BCUT2D eigenvalue weighted by Crippen LogP contribution is -2.39. The van der Waals surface area contributed by atoms with E-state index in [4.69, 9.17) is 0 Å². The van der Waals surface area contributed by atoms with Gasteiger partial charge in [-0.3, -0.25) is 4.79 Å². The number of carbonyl (C=O) groups excluding carboxylic acids is 1. The van der Waals surface area contributed by atoms with E-state index >= 15 is 0 Å². The molecular formula is C12H18N4O. The summed E-state index contributed by atoms with van der Waals surface area (Å²) < 4.78 is 1.92. The first-order chi connectivity index (χ1) is 8.00. The van der Waals surface area contributed by atoms with Crippen LogP contribution in [0.25, 0.3) is 0 Å². The summed E-state index contributed by atoms with van der Waals surface area (Å²) in [6.07, 6.45) is 1.77. The van der Waals surface area contributed by atoms with E-state index < -0.39 is 0 Å². The van der Waals surface area contributed by atoms with Gasteiger partial charge in [-0.1, -0.05) is 0 Å². The second-order valence-electron chi connectivity index (χ2n) is 4.59. The molecule has 0 aliphatic carbocycles. The third kappa shape index (κ3) is 2.05. The summed E-state index contributed by atoms with van der Waals surface area (Å²) in [4.78, 5) is 15.5. The van der Waals surface area contributed by atoms with Crippen LogP contribution in [-0.4, -0.2) is 41.2 Å². The molecule has 0 spiro atoms. The summed E-state index contributed by atoms with van der Waals surface area (Å²) in [5.41, 5.74) is 2.39. The third-order valence-corrected chi connectivity index (χ3v) is 3.17. The van der Waals surface area contributed by atoms with Crippen molar-refractivity contribution < 1.29 is 4.79 Å². The second kappa shape index (κ2) is 4.24. The van der Waals surface area contributed by atoms with Crippen LogP contribution < -0.4 is 4.90 Å². The van der Waals surface area contributed by atoms with Crippen LogP contribution in [-0.2, 0) is 11.3 Å². The summed E-state index contributed by atoms with van der Waals surface area (Å²) in [5.74, 6) is 1.08. The van der Waals surface area contributed by atoms with Crippen molar-refractivity contribution >= 4 is 11.7 Å². The maximum atomic E-state index is 11.8. The molecule has 0 saturated carbocycles. The van der Waals surface area contributed by atoms with E-state index in [2.05, 4.69) is 18.9 Å². The largest absolute Gasteiger partial charge is 0.347 e. The highest BCUT2D eigenvalue weighted by Gasteiger charge is 2.23. The molecule has 0 saturated heterocycles. The average molecular weight is 234 g/mol. The van der Waals surface area contributed by atoms with Gasteiger partial charge < -0.3 is 9.80 Å². The van der Waals surface area contributed by atoms with Gasteiger partial charge >= 0.3 is 0 Å². The third-order valence-electron chi connectivity index (χ3n) is 3.17. The first-order valence-electron chi connectivity index (χ1n) is 5.66. The molecule has 92 valence electrons. The van der Waals surface area contributed by atoms with Gasteiger partial charge in [-0.2, -0.15) is 5.10 Å². The van der Waals surface area contributed by atoms with Crippen LogP contribution in [0.5, 0.6) is 0 Å². The predicted octanol–water partition coefficient (Wildman–Crippen LogP) is 1.09. The van der Waals surface area contributed by atoms with Gasteiger partial charge in [0.2, 0.25) is 5.91 Å². The number of hydrogen-bond donors (Lipinski definition) is 0. The number of anilines is 1. The summed E-state index contributed by atoms with van der Waals surface area (Å²) in [5, 5.41) is 4.26. The van der Waals surface area contributed by atoms with Crippen molar-refractivity contribution in [2.45, 2.75) is 20.4 Å². The van der Waals surface area contributed by atoms with Crippen molar-refractivity contribution in [3.63, 3.8) is 0 Å². The highest BCUT2D eigenvalue weighted by atomic mass is 16.2. The minimum absolute atomic E-state index is 0.0896. The number of hydrogen-bond acceptors (Lipinski definition) is 3. The average Bonchev–Trinajstić information content (AvgIpc) is 2.71. The molecule has 1 aromatic rings. The number of allylic oxidation sites excluding steroid dienone is 2. The van der Waals surface area contributed by atoms with Crippen molar-refractivity contribution in [3.8, 4) is 0 Å². The summed E-state index contributed by atoms with van der Waals surface area (Å²) >= 11 is 0. The fraction of sp³-hybridized carbons (Fsp3) is 0.500. The molecule has 5 heteroatoms. The SMILES string of the molecule is CC1=C(C)N(CC(=O)N(C)C)c2ccnn2C1. The first-order valence-corrected chi connectivity index (χ1v) is 5.66. The monoisotopic (exact) mass is 234 g/mol. The number of nitrogens with zero attached hydrogens (tertiary/aromatic N) is 4. The van der Waals surface area contributed by atoms with Gasteiger partial charge in [-0.15, -0.1) is 0 Å². The Bertz CT molecular complexity index is 473. The van der Waals surface area contributed by atoms with E-state index in [-0.39, 0.29) is 5.91 Å². The number of aromatic nitrogens is 2. The van der Waals surface area contributed by atoms with E-state index in [1.807, 2.05) is 15.6 Å². The van der Waals surface area contributed by atoms with Crippen molar-refractivity contribution in [1.82, 2.24) is 14.7 Å². The molecule has 0 radical (unpaired) electrons. The van der Waals surface area contributed by atoms with Gasteiger partial charge in [0.25, 0.3) is 0 Å². The Kier molecular flexibility index (Phi) is 2.92. The summed E-state index contributed by atoms with van der Waals surface area (Å²) in [6.45, 7) is 5.30. The highest BCUT2D eigenvalue weighted by Crippen LogP contribution is 2.26. The molecule has 5 nitrogen and oxygen atoms in total. The van der Waals surface area contributed by atoms with Crippen LogP contribution >= 0.6 is 0 Å². The molecule has 1 aliphatic heterocycles. The van der Waals surface area contributed by atoms with Gasteiger partial charge in [0.05, 0.1) is 12.7 Å². The Morgan fingerprint density at radius 3 is 2.82 bits per heavy atom. The van der Waals surface area contributed by atoms with E-state index in [0.717, 1.165) is 18.1 Å². The Balaban J connectivity index is 2.30. The minimum Gasteiger partial charge on any atom is -0.347 e. The molecule has 0 fully saturated rings. The predicted molar refractivity (Wildman–Crippen MR) is 66.6 cm³/mol. The molecule has 0 bridgehead atoms. The quantitative estimate of drug-likeness (QED) is 0.769. The minimum atomic E-state index is 0.0896. The molecule has 0 aromatic carbocycles. The number of carbonyl (C=O) groups is 1. The van der Waals surface area contributed by atoms with Gasteiger partial charge in [0.15, 0.2) is 0 Å². The number of amides is 1. The Morgan fingerprint density at radius 1 is 1.47 bits per heavy atom. The molecule has 2 heterocycles. The van der Waals surface area contributed by atoms with E-state index in [1.165, 1.54) is 5.57 Å². The molecule has 1 aliphatic rings. The fourth-order valence-corrected chi connectivity index (χ4v) is 1.89. The number of likely N-dealkylation sites (N-methyl/N-ethyl adjacent to an activating group) is 1. The number of rotatable bonds is 2. The lowest BCUT2D eigenvalue weighted by molar-refractivity contribution is -0.127. The van der Waals surface area contributed by atoms with E-state index in [0.29, 0.717) is 6.54 Å².